The lowest BCUT2D eigenvalue weighted by Gasteiger charge is -2.09. The maximum absolute atomic E-state index is 11.3. The third-order valence-corrected chi connectivity index (χ3v) is 4.78. The van der Waals surface area contributed by atoms with Crippen LogP contribution in [0.25, 0.3) is 0 Å². The van der Waals surface area contributed by atoms with Crippen LogP contribution in [0.4, 0.5) is 5.82 Å². The number of fused-ring (bicyclic) bond motifs is 3. The van der Waals surface area contributed by atoms with Crippen molar-refractivity contribution in [3.05, 3.63) is 53.2 Å². The number of rotatable bonds is 4. The van der Waals surface area contributed by atoms with Crippen molar-refractivity contribution in [2.75, 3.05) is 19.0 Å². The third-order valence-electron chi connectivity index (χ3n) is 4.78. The van der Waals surface area contributed by atoms with Crippen LogP contribution in [0, 0.1) is 11.8 Å². The quantitative estimate of drug-likeness (QED) is 0.877. The van der Waals surface area contributed by atoms with Gasteiger partial charge in [0, 0.05) is 6.54 Å². The summed E-state index contributed by atoms with van der Waals surface area (Å²) >= 11 is 0. The molecule has 112 valence electrons. The molecule has 2 aliphatic rings. The van der Waals surface area contributed by atoms with E-state index in [1.54, 1.807) is 12.1 Å². The summed E-state index contributed by atoms with van der Waals surface area (Å²) in [7, 11) is 1.33. The van der Waals surface area contributed by atoms with Crippen molar-refractivity contribution >= 4 is 11.8 Å². The van der Waals surface area contributed by atoms with Gasteiger partial charge >= 0.3 is 5.97 Å². The first-order valence-corrected chi connectivity index (χ1v) is 7.51. The van der Waals surface area contributed by atoms with Crippen LogP contribution in [0.1, 0.15) is 27.5 Å². The SMILES string of the molecule is COC(=O)c1ccc(NC[C@@H]2[C@H]3Cc4ccccc4[C@H]23)nn1. The maximum atomic E-state index is 11.3. The van der Waals surface area contributed by atoms with Crippen LogP contribution in [0.2, 0.25) is 0 Å². The number of ether oxygens (including phenoxy) is 1. The molecule has 2 aromatic rings. The molecule has 22 heavy (non-hydrogen) atoms. The molecule has 5 nitrogen and oxygen atoms in total. The van der Waals surface area contributed by atoms with Gasteiger partial charge in [0.15, 0.2) is 5.69 Å². The summed E-state index contributed by atoms with van der Waals surface area (Å²) in [6, 6.07) is 12.1. The van der Waals surface area contributed by atoms with Gasteiger partial charge in [0.05, 0.1) is 7.11 Å². The van der Waals surface area contributed by atoms with E-state index in [-0.39, 0.29) is 5.69 Å². The zero-order valence-corrected chi connectivity index (χ0v) is 12.3. The Morgan fingerprint density at radius 3 is 2.91 bits per heavy atom. The van der Waals surface area contributed by atoms with Gasteiger partial charge in [-0.2, -0.15) is 0 Å². The normalized spacial score (nSPS) is 24.3. The highest BCUT2D eigenvalue weighted by atomic mass is 16.5. The lowest BCUT2D eigenvalue weighted by molar-refractivity contribution is 0.0593. The van der Waals surface area contributed by atoms with E-state index >= 15 is 0 Å². The monoisotopic (exact) mass is 295 g/mol. The van der Waals surface area contributed by atoms with Gasteiger partial charge in [0.1, 0.15) is 5.82 Å². The van der Waals surface area contributed by atoms with Gasteiger partial charge < -0.3 is 10.1 Å². The van der Waals surface area contributed by atoms with E-state index < -0.39 is 5.97 Å². The Hall–Kier alpha value is -2.43. The highest BCUT2D eigenvalue weighted by Crippen LogP contribution is 2.61. The van der Waals surface area contributed by atoms with Gasteiger partial charge in [0.2, 0.25) is 0 Å². The summed E-state index contributed by atoms with van der Waals surface area (Å²) in [5.41, 5.74) is 3.26. The van der Waals surface area contributed by atoms with Gasteiger partial charge in [-0.3, -0.25) is 0 Å². The maximum Gasteiger partial charge on any atom is 0.358 e. The molecular formula is C17H17N3O2. The molecular weight excluding hydrogens is 278 g/mol. The molecule has 1 N–H and O–H groups in total. The van der Waals surface area contributed by atoms with Crippen LogP contribution in [0.15, 0.2) is 36.4 Å². The number of esters is 1. The van der Waals surface area contributed by atoms with E-state index in [9.17, 15) is 4.79 Å². The lowest BCUT2D eigenvalue weighted by Crippen LogP contribution is -2.11. The zero-order chi connectivity index (χ0) is 15.1. The molecule has 3 atom stereocenters. The predicted octanol–water partition coefficient (Wildman–Crippen LogP) is 2.26. The van der Waals surface area contributed by atoms with Crippen LogP contribution in [0.3, 0.4) is 0 Å². The fourth-order valence-corrected chi connectivity index (χ4v) is 3.62. The summed E-state index contributed by atoms with van der Waals surface area (Å²) in [6.45, 7) is 0.899. The number of anilines is 1. The number of benzene rings is 1. The number of nitrogens with one attached hydrogen (secondary N) is 1. The molecule has 0 amide bonds. The highest BCUT2D eigenvalue weighted by molar-refractivity contribution is 5.86. The van der Waals surface area contributed by atoms with E-state index in [4.69, 9.17) is 0 Å². The molecule has 0 bridgehead atoms. The molecule has 0 aliphatic heterocycles. The molecule has 0 radical (unpaired) electrons. The lowest BCUT2D eigenvalue weighted by atomic mass is 10.0. The van der Waals surface area contributed by atoms with Crippen LogP contribution < -0.4 is 5.32 Å². The fourth-order valence-electron chi connectivity index (χ4n) is 3.62. The van der Waals surface area contributed by atoms with Crippen LogP contribution in [-0.2, 0) is 11.2 Å². The second kappa shape index (κ2) is 5.09. The van der Waals surface area contributed by atoms with Crippen LogP contribution >= 0.6 is 0 Å². The third kappa shape index (κ3) is 2.13. The number of aromatic nitrogens is 2. The second-order valence-corrected chi connectivity index (χ2v) is 5.93. The predicted molar refractivity (Wildman–Crippen MR) is 81.7 cm³/mol. The van der Waals surface area contributed by atoms with E-state index in [1.807, 2.05) is 0 Å². The fraction of sp³-hybridized carbons (Fsp3) is 0.353. The van der Waals surface area contributed by atoms with E-state index in [2.05, 4.69) is 44.5 Å². The Morgan fingerprint density at radius 2 is 2.14 bits per heavy atom. The van der Waals surface area contributed by atoms with E-state index in [1.165, 1.54) is 24.7 Å². The molecule has 2 aliphatic carbocycles. The average Bonchev–Trinajstić information content (AvgIpc) is 3.11. The Balaban J connectivity index is 1.36. The molecule has 1 aromatic heterocycles. The number of carbonyl (C=O) groups is 1. The number of nitrogens with zero attached hydrogens (tertiary/aromatic N) is 2. The standard InChI is InChI=1S/C17H17N3O2/c1-22-17(21)14-6-7-15(20-19-14)18-9-13-12-8-10-4-2-3-5-11(10)16(12)13/h2-7,12-13,16H,8-9H2,1H3,(H,18,20)/t12-,13-,16+/m1/s1. The molecule has 1 fully saturated rings. The molecule has 1 heterocycles. The van der Waals surface area contributed by atoms with E-state index in [0.717, 1.165) is 12.5 Å². The smallest absolute Gasteiger partial charge is 0.358 e. The van der Waals surface area contributed by atoms with Crippen molar-refractivity contribution < 1.29 is 9.53 Å². The van der Waals surface area contributed by atoms with Gasteiger partial charge in [-0.05, 0) is 47.4 Å². The number of hydrogen-bond donors (Lipinski definition) is 1. The first kappa shape index (κ1) is 13.2. The summed E-state index contributed by atoms with van der Waals surface area (Å²) in [4.78, 5) is 11.3. The summed E-state index contributed by atoms with van der Waals surface area (Å²) in [6.07, 6.45) is 1.19. The summed E-state index contributed by atoms with van der Waals surface area (Å²) < 4.78 is 4.61. The number of methoxy groups -OCH3 is 1. The van der Waals surface area contributed by atoms with Crippen molar-refractivity contribution in [2.24, 2.45) is 11.8 Å². The number of hydrogen-bond acceptors (Lipinski definition) is 5. The first-order chi connectivity index (χ1) is 10.8. The van der Waals surface area contributed by atoms with Gasteiger partial charge in [0.25, 0.3) is 0 Å². The molecule has 0 unspecified atom stereocenters. The Labute approximate surface area is 128 Å². The van der Waals surface area contributed by atoms with Gasteiger partial charge in [-0.15, -0.1) is 10.2 Å². The Morgan fingerprint density at radius 1 is 1.27 bits per heavy atom. The first-order valence-electron chi connectivity index (χ1n) is 7.51. The minimum absolute atomic E-state index is 0.227. The van der Waals surface area contributed by atoms with Crippen LogP contribution in [-0.4, -0.2) is 29.8 Å². The molecule has 1 aromatic carbocycles. The Kier molecular flexibility index (Phi) is 3.06. The molecule has 4 rings (SSSR count). The molecule has 1 saturated carbocycles. The largest absolute Gasteiger partial charge is 0.464 e. The van der Waals surface area contributed by atoms with Gasteiger partial charge in [-0.1, -0.05) is 24.3 Å². The molecule has 0 saturated heterocycles. The van der Waals surface area contributed by atoms with Gasteiger partial charge in [-0.25, -0.2) is 4.79 Å². The minimum Gasteiger partial charge on any atom is -0.464 e. The van der Waals surface area contributed by atoms with Crippen molar-refractivity contribution in [1.29, 1.82) is 0 Å². The highest BCUT2D eigenvalue weighted by Gasteiger charge is 2.54. The van der Waals surface area contributed by atoms with Crippen molar-refractivity contribution in [3.8, 4) is 0 Å². The second-order valence-electron chi connectivity index (χ2n) is 5.93. The van der Waals surface area contributed by atoms with Crippen molar-refractivity contribution in [2.45, 2.75) is 12.3 Å². The van der Waals surface area contributed by atoms with Crippen molar-refractivity contribution in [1.82, 2.24) is 10.2 Å². The molecule has 5 heteroatoms. The zero-order valence-electron chi connectivity index (χ0n) is 12.3. The van der Waals surface area contributed by atoms with E-state index in [0.29, 0.717) is 17.7 Å². The van der Waals surface area contributed by atoms with Crippen LogP contribution in [0.5, 0.6) is 0 Å². The Bertz CT molecular complexity index is 714. The average molecular weight is 295 g/mol. The molecule has 0 spiro atoms. The topological polar surface area (TPSA) is 64.1 Å². The number of carbonyl (C=O) groups excluding carboxylic acids is 1. The summed E-state index contributed by atoms with van der Waals surface area (Å²) in [5, 5.41) is 11.2. The van der Waals surface area contributed by atoms with Crippen molar-refractivity contribution in [3.63, 3.8) is 0 Å². The minimum atomic E-state index is -0.465. The summed E-state index contributed by atoms with van der Waals surface area (Å²) in [5.74, 6) is 2.38.